The fourth-order valence-corrected chi connectivity index (χ4v) is 5.39. The molecule has 3 heterocycles. The van der Waals surface area contributed by atoms with Gasteiger partial charge in [-0.1, -0.05) is 30.0 Å². The number of aryl methyl sites for hydroxylation is 1. The molecule has 2 aromatic heterocycles. The van der Waals surface area contributed by atoms with Crippen molar-refractivity contribution in [2.75, 3.05) is 24.2 Å². The number of rotatable bonds is 8. The predicted octanol–water partition coefficient (Wildman–Crippen LogP) is 3.89. The number of thioether (sulfide) groups is 1. The summed E-state index contributed by atoms with van der Waals surface area (Å²) in [6.07, 6.45) is 1.39. The van der Waals surface area contributed by atoms with Crippen molar-refractivity contribution in [3.05, 3.63) is 47.1 Å². The van der Waals surface area contributed by atoms with Crippen LogP contribution in [0, 0.1) is 6.92 Å². The summed E-state index contributed by atoms with van der Waals surface area (Å²) >= 11 is 2.81. The van der Waals surface area contributed by atoms with Crippen LogP contribution in [0.5, 0.6) is 0 Å². The molecule has 7 nitrogen and oxygen atoms in total. The molecule has 4 rings (SSSR count). The van der Waals surface area contributed by atoms with Crippen LogP contribution in [0.15, 0.2) is 40.1 Å². The first kappa shape index (κ1) is 20.6. The molecule has 1 unspecified atom stereocenters. The number of carbonyl (C=O) groups is 2. The molecule has 156 valence electrons. The smallest absolute Gasteiger partial charge is 0.355 e. The van der Waals surface area contributed by atoms with E-state index >= 15 is 0 Å². The van der Waals surface area contributed by atoms with Crippen LogP contribution >= 0.6 is 23.1 Å². The van der Waals surface area contributed by atoms with Crippen molar-refractivity contribution in [2.45, 2.75) is 30.1 Å². The molecule has 0 bridgehead atoms. The number of hydrogen-bond acceptors (Lipinski definition) is 7. The highest BCUT2D eigenvalue weighted by Crippen LogP contribution is 2.26. The van der Waals surface area contributed by atoms with Gasteiger partial charge >= 0.3 is 5.97 Å². The molecular weight excluding hydrogens is 420 g/mol. The summed E-state index contributed by atoms with van der Waals surface area (Å²) < 4.78 is 0.714. The van der Waals surface area contributed by atoms with E-state index < -0.39 is 5.97 Å². The zero-order chi connectivity index (χ0) is 21.1. The second-order valence-electron chi connectivity index (χ2n) is 7.14. The van der Waals surface area contributed by atoms with E-state index in [1.54, 1.807) is 5.38 Å². The van der Waals surface area contributed by atoms with Gasteiger partial charge in [0.15, 0.2) is 10.0 Å². The van der Waals surface area contributed by atoms with Gasteiger partial charge in [-0.05, 0) is 25.5 Å². The van der Waals surface area contributed by atoms with Crippen LogP contribution in [-0.2, 0) is 4.79 Å². The minimum atomic E-state index is -1.02. The third kappa shape index (κ3) is 4.57. The van der Waals surface area contributed by atoms with Gasteiger partial charge in [-0.3, -0.25) is 9.78 Å². The number of para-hydroxylation sites is 1. The van der Waals surface area contributed by atoms with Crippen LogP contribution < -0.4 is 5.32 Å². The van der Waals surface area contributed by atoms with Crippen LogP contribution in [-0.4, -0.2) is 56.7 Å². The first-order chi connectivity index (χ1) is 14.5. The normalized spacial score (nSPS) is 16.4. The highest BCUT2D eigenvalue weighted by atomic mass is 32.2. The van der Waals surface area contributed by atoms with Crippen molar-refractivity contribution in [3.63, 3.8) is 0 Å². The minimum Gasteiger partial charge on any atom is -0.476 e. The molecule has 1 fully saturated rings. The number of carbonyl (C=O) groups excluding carboxylic acids is 1. The van der Waals surface area contributed by atoms with Gasteiger partial charge in [-0.15, -0.1) is 11.3 Å². The number of aromatic carboxylic acids is 1. The lowest BCUT2D eigenvalue weighted by Crippen LogP contribution is -2.39. The van der Waals surface area contributed by atoms with E-state index in [2.05, 4.69) is 21.4 Å². The summed E-state index contributed by atoms with van der Waals surface area (Å²) in [6.45, 7) is 3.27. The molecule has 0 radical (unpaired) electrons. The second kappa shape index (κ2) is 9.01. The molecule has 2 N–H and O–H groups in total. The SMILES string of the molecule is Cc1ccc2cccc(NCC3CCC(=O)N3CCSc3nc(C(=O)O)cs3)c2n1. The van der Waals surface area contributed by atoms with Crippen molar-refractivity contribution in [1.82, 2.24) is 14.9 Å². The van der Waals surface area contributed by atoms with E-state index in [0.29, 0.717) is 29.6 Å². The van der Waals surface area contributed by atoms with E-state index in [-0.39, 0.29) is 17.6 Å². The number of aromatic nitrogens is 2. The van der Waals surface area contributed by atoms with Crippen LogP contribution in [0.3, 0.4) is 0 Å². The van der Waals surface area contributed by atoms with Gasteiger partial charge < -0.3 is 15.3 Å². The Kier molecular flexibility index (Phi) is 6.19. The summed E-state index contributed by atoms with van der Waals surface area (Å²) in [5.41, 5.74) is 2.97. The number of fused-ring (bicyclic) bond motifs is 1. The van der Waals surface area contributed by atoms with Crippen LogP contribution in [0.1, 0.15) is 29.0 Å². The average molecular weight is 443 g/mol. The van der Waals surface area contributed by atoms with E-state index in [9.17, 15) is 9.59 Å². The third-order valence-corrected chi connectivity index (χ3v) is 7.10. The van der Waals surface area contributed by atoms with Crippen molar-refractivity contribution >= 4 is 51.6 Å². The number of nitrogens with one attached hydrogen (secondary N) is 1. The van der Waals surface area contributed by atoms with E-state index in [1.807, 2.05) is 36.1 Å². The molecular formula is C21H22N4O3S2. The first-order valence-electron chi connectivity index (χ1n) is 9.72. The van der Waals surface area contributed by atoms with Crippen LogP contribution in [0.25, 0.3) is 10.9 Å². The number of pyridine rings is 1. The van der Waals surface area contributed by atoms with Crippen molar-refractivity contribution in [3.8, 4) is 0 Å². The van der Waals surface area contributed by atoms with E-state index in [4.69, 9.17) is 5.11 Å². The Hall–Kier alpha value is -2.65. The molecule has 1 aliphatic heterocycles. The molecule has 1 aromatic carbocycles. The highest BCUT2D eigenvalue weighted by molar-refractivity contribution is 8.01. The van der Waals surface area contributed by atoms with Gasteiger partial charge in [-0.25, -0.2) is 9.78 Å². The Morgan fingerprint density at radius 3 is 3.00 bits per heavy atom. The number of carboxylic acids is 1. The molecule has 0 aliphatic carbocycles. The predicted molar refractivity (Wildman–Crippen MR) is 120 cm³/mol. The lowest BCUT2D eigenvalue weighted by Gasteiger charge is -2.25. The van der Waals surface area contributed by atoms with Gasteiger partial charge in [-0.2, -0.15) is 0 Å². The average Bonchev–Trinajstić information content (AvgIpc) is 3.34. The Morgan fingerprint density at radius 2 is 2.20 bits per heavy atom. The number of thiazole rings is 1. The summed E-state index contributed by atoms with van der Waals surface area (Å²) in [5, 5.41) is 15.1. The molecule has 30 heavy (non-hydrogen) atoms. The van der Waals surface area contributed by atoms with E-state index in [1.165, 1.54) is 23.1 Å². The lowest BCUT2D eigenvalue weighted by atomic mass is 10.1. The fraction of sp³-hybridized carbons (Fsp3) is 0.333. The number of hydrogen-bond donors (Lipinski definition) is 2. The van der Waals surface area contributed by atoms with Crippen molar-refractivity contribution < 1.29 is 14.7 Å². The summed E-state index contributed by atoms with van der Waals surface area (Å²) in [6, 6.07) is 10.3. The topological polar surface area (TPSA) is 95.4 Å². The molecule has 1 saturated heterocycles. The summed E-state index contributed by atoms with van der Waals surface area (Å²) in [4.78, 5) is 34.0. The zero-order valence-electron chi connectivity index (χ0n) is 16.5. The minimum absolute atomic E-state index is 0.0701. The van der Waals surface area contributed by atoms with E-state index in [0.717, 1.165) is 28.7 Å². The van der Waals surface area contributed by atoms with Gasteiger partial charge in [0.25, 0.3) is 0 Å². The maximum atomic E-state index is 12.4. The third-order valence-electron chi connectivity index (χ3n) is 5.10. The first-order valence-corrected chi connectivity index (χ1v) is 11.6. The zero-order valence-corrected chi connectivity index (χ0v) is 18.1. The summed E-state index contributed by atoms with van der Waals surface area (Å²) in [7, 11) is 0. The largest absolute Gasteiger partial charge is 0.476 e. The second-order valence-corrected chi connectivity index (χ2v) is 9.34. The van der Waals surface area contributed by atoms with Crippen LogP contribution in [0.4, 0.5) is 5.69 Å². The molecule has 9 heteroatoms. The quantitative estimate of drug-likeness (QED) is 0.511. The maximum Gasteiger partial charge on any atom is 0.355 e. The Labute approximate surface area is 182 Å². The van der Waals surface area contributed by atoms with Crippen molar-refractivity contribution in [2.24, 2.45) is 0 Å². The molecule has 1 atom stereocenters. The van der Waals surface area contributed by atoms with Gasteiger partial charge in [0.2, 0.25) is 5.91 Å². The number of nitrogens with zero attached hydrogens (tertiary/aromatic N) is 3. The van der Waals surface area contributed by atoms with Gasteiger partial charge in [0.1, 0.15) is 0 Å². The molecule has 0 saturated carbocycles. The van der Waals surface area contributed by atoms with Gasteiger partial charge in [0.05, 0.1) is 11.2 Å². The van der Waals surface area contributed by atoms with Crippen molar-refractivity contribution in [1.29, 1.82) is 0 Å². The fourth-order valence-electron chi connectivity index (χ4n) is 3.58. The number of likely N-dealkylation sites (tertiary alicyclic amines) is 1. The molecule has 3 aromatic rings. The number of benzene rings is 1. The van der Waals surface area contributed by atoms with Gasteiger partial charge in [0, 0.05) is 47.8 Å². The Morgan fingerprint density at radius 1 is 1.33 bits per heavy atom. The molecule has 0 spiro atoms. The Bertz CT molecular complexity index is 1090. The number of amides is 1. The number of anilines is 1. The lowest BCUT2D eigenvalue weighted by molar-refractivity contribution is -0.128. The number of carboxylic acid groups (broad SMARTS) is 1. The Balaban J connectivity index is 1.36. The molecule has 1 amide bonds. The highest BCUT2D eigenvalue weighted by Gasteiger charge is 2.30. The molecule has 1 aliphatic rings. The standard InChI is InChI=1S/C21H22N4O3S2/c1-13-5-6-14-3-2-4-16(19(14)23-13)22-11-15-7-8-18(26)25(15)9-10-29-21-24-17(12-30-21)20(27)28/h2-6,12,15,22H,7-11H2,1H3,(H,27,28). The van der Waals surface area contributed by atoms with Crippen LogP contribution in [0.2, 0.25) is 0 Å². The maximum absolute atomic E-state index is 12.4. The monoisotopic (exact) mass is 442 g/mol. The summed E-state index contributed by atoms with van der Waals surface area (Å²) in [5.74, 6) is -0.166.